The van der Waals surface area contributed by atoms with Gasteiger partial charge >= 0.3 is 0 Å². The summed E-state index contributed by atoms with van der Waals surface area (Å²) in [6.45, 7) is 0.527. The molecule has 0 heterocycles. The standard InChI is InChI=1S/C20H17BrN2O2/c21-18-12-15(20(22)23)6-11-19(18)25-17-9-7-16(8-10-17)24-13-14-4-2-1-3-5-14/h1-12H,13H2,(H3,22,23). The normalized spacial score (nSPS) is 10.3. The van der Waals surface area contributed by atoms with E-state index in [1.54, 1.807) is 18.2 Å². The molecule has 0 radical (unpaired) electrons. The van der Waals surface area contributed by atoms with E-state index in [0.717, 1.165) is 15.8 Å². The van der Waals surface area contributed by atoms with E-state index < -0.39 is 0 Å². The first-order chi connectivity index (χ1) is 12.1. The Labute approximate surface area is 154 Å². The zero-order chi connectivity index (χ0) is 17.6. The topological polar surface area (TPSA) is 68.3 Å². The fraction of sp³-hybridized carbons (Fsp3) is 0.0500. The molecule has 3 N–H and O–H groups in total. The van der Waals surface area contributed by atoms with Crippen LogP contribution in [-0.2, 0) is 6.61 Å². The third kappa shape index (κ3) is 4.61. The molecule has 25 heavy (non-hydrogen) atoms. The quantitative estimate of drug-likeness (QED) is 0.449. The van der Waals surface area contributed by atoms with Gasteiger partial charge < -0.3 is 15.2 Å². The van der Waals surface area contributed by atoms with E-state index in [2.05, 4.69) is 15.9 Å². The number of nitrogens with one attached hydrogen (secondary N) is 1. The predicted molar refractivity (Wildman–Crippen MR) is 102 cm³/mol. The Kier molecular flexibility index (Phi) is 5.36. The summed E-state index contributed by atoms with van der Waals surface area (Å²) in [4.78, 5) is 0. The van der Waals surface area contributed by atoms with Crippen molar-refractivity contribution < 1.29 is 9.47 Å². The van der Waals surface area contributed by atoms with E-state index in [1.807, 2.05) is 54.6 Å². The van der Waals surface area contributed by atoms with Gasteiger partial charge in [0.1, 0.15) is 29.7 Å². The first kappa shape index (κ1) is 17.0. The van der Waals surface area contributed by atoms with Crippen LogP contribution in [0.15, 0.2) is 77.3 Å². The molecule has 3 aromatic rings. The van der Waals surface area contributed by atoms with Crippen molar-refractivity contribution >= 4 is 21.8 Å². The molecule has 0 saturated heterocycles. The SMILES string of the molecule is N=C(N)c1ccc(Oc2ccc(OCc3ccccc3)cc2)c(Br)c1. The molecule has 3 rings (SSSR count). The van der Waals surface area contributed by atoms with Crippen LogP contribution < -0.4 is 15.2 Å². The number of benzene rings is 3. The Morgan fingerprint density at radius 3 is 2.24 bits per heavy atom. The van der Waals surface area contributed by atoms with Crippen molar-refractivity contribution in [3.05, 3.63) is 88.4 Å². The highest BCUT2D eigenvalue weighted by atomic mass is 79.9. The van der Waals surface area contributed by atoms with E-state index in [-0.39, 0.29) is 5.84 Å². The van der Waals surface area contributed by atoms with Crippen LogP contribution in [0, 0.1) is 5.41 Å². The minimum absolute atomic E-state index is 0.0205. The highest BCUT2D eigenvalue weighted by Gasteiger charge is 2.06. The number of hydrogen-bond acceptors (Lipinski definition) is 3. The number of amidine groups is 1. The predicted octanol–water partition coefficient (Wildman–Crippen LogP) is 5.10. The molecule has 3 aromatic carbocycles. The van der Waals surface area contributed by atoms with Crippen molar-refractivity contribution in [3.8, 4) is 17.2 Å². The van der Waals surface area contributed by atoms with Crippen molar-refractivity contribution in [1.29, 1.82) is 5.41 Å². The molecule has 0 aliphatic rings. The maximum Gasteiger partial charge on any atom is 0.141 e. The summed E-state index contributed by atoms with van der Waals surface area (Å²) >= 11 is 3.44. The maximum atomic E-state index is 7.45. The third-order valence-corrected chi connectivity index (χ3v) is 4.16. The van der Waals surface area contributed by atoms with Gasteiger partial charge in [0.15, 0.2) is 0 Å². The lowest BCUT2D eigenvalue weighted by Gasteiger charge is -2.10. The number of ether oxygens (including phenoxy) is 2. The van der Waals surface area contributed by atoms with Crippen LogP contribution in [0.4, 0.5) is 0 Å². The average molecular weight is 397 g/mol. The Hall–Kier alpha value is -2.79. The molecular weight excluding hydrogens is 380 g/mol. The number of nitrogens with two attached hydrogens (primary N) is 1. The fourth-order valence-corrected chi connectivity index (χ4v) is 2.68. The lowest BCUT2D eigenvalue weighted by atomic mass is 10.2. The van der Waals surface area contributed by atoms with Gasteiger partial charge in [-0.3, -0.25) is 5.41 Å². The first-order valence-corrected chi connectivity index (χ1v) is 8.50. The van der Waals surface area contributed by atoms with Crippen molar-refractivity contribution in [3.63, 3.8) is 0 Å². The minimum atomic E-state index is 0.0205. The summed E-state index contributed by atoms with van der Waals surface area (Å²) in [6, 6.07) is 22.8. The van der Waals surface area contributed by atoms with Gasteiger partial charge in [-0.1, -0.05) is 30.3 Å². The molecule has 0 atom stereocenters. The van der Waals surface area contributed by atoms with Gasteiger partial charge in [0.25, 0.3) is 0 Å². The Morgan fingerprint density at radius 2 is 1.60 bits per heavy atom. The lowest BCUT2D eigenvalue weighted by molar-refractivity contribution is 0.306. The Bertz CT molecular complexity index is 865. The molecule has 0 unspecified atom stereocenters. The Balaban J connectivity index is 1.63. The molecule has 0 bridgehead atoms. The summed E-state index contributed by atoms with van der Waals surface area (Å²) in [5.74, 6) is 2.15. The second-order valence-corrected chi connectivity index (χ2v) is 6.26. The molecular formula is C20H17BrN2O2. The van der Waals surface area contributed by atoms with Crippen LogP contribution >= 0.6 is 15.9 Å². The summed E-state index contributed by atoms with van der Waals surface area (Å²) in [6.07, 6.45) is 0. The number of halogens is 1. The van der Waals surface area contributed by atoms with Gasteiger partial charge in [-0.05, 0) is 64.0 Å². The number of rotatable bonds is 6. The maximum absolute atomic E-state index is 7.45. The van der Waals surface area contributed by atoms with Crippen LogP contribution in [0.2, 0.25) is 0 Å². The van der Waals surface area contributed by atoms with Crippen molar-refractivity contribution in [2.24, 2.45) is 5.73 Å². The van der Waals surface area contributed by atoms with Gasteiger partial charge in [0, 0.05) is 5.56 Å². The monoisotopic (exact) mass is 396 g/mol. The van der Waals surface area contributed by atoms with E-state index in [0.29, 0.717) is 23.7 Å². The Morgan fingerprint density at radius 1 is 0.920 bits per heavy atom. The molecule has 0 aromatic heterocycles. The van der Waals surface area contributed by atoms with Crippen molar-refractivity contribution in [2.75, 3.05) is 0 Å². The van der Waals surface area contributed by atoms with Crippen LogP contribution in [0.25, 0.3) is 0 Å². The van der Waals surface area contributed by atoms with Gasteiger partial charge in [0.2, 0.25) is 0 Å². The molecule has 0 spiro atoms. The largest absolute Gasteiger partial charge is 0.489 e. The molecule has 126 valence electrons. The van der Waals surface area contributed by atoms with Gasteiger partial charge in [-0.15, -0.1) is 0 Å². The van der Waals surface area contributed by atoms with Gasteiger partial charge in [-0.25, -0.2) is 0 Å². The van der Waals surface area contributed by atoms with Crippen LogP contribution in [0.3, 0.4) is 0 Å². The molecule has 0 fully saturated rings. The van der Waals surface area contributed by atoms with Crippen LogP contribution in [-0.4, -0.2) is 5.84 Å². The zero-order valence-corrected chi connectivity index (χ0v) is 15.0. The molecule has 4 nitrogen and oxygen atoms in total. The second-order valence-electron chi connectivity index (χ2n) is 5.41. The molecule has 0 aliphatic heterocycles. The molecule has 0 saturated carbocycles. The van der Waals surface area contributed by atoms with Crippen molar-refractivity contribution in [1.82, 2.24) is 0 Å². The molecule has 5 heteroatoms. The number of nitrogen functional groups attached to an aromatic ring is 1. The minimum Gasteiger partial charge on any atom is -0.489 e. The van der Waals surface area contributed by atoms with E-state index in [9.17, 15) is 0 Å². The van der Waals surface area contributed by atoms with Gasteiger partial charge in [0.05, 0.1) is 4.47 Å². The molecule has 0 amide bonds. The highest BCUT2D eigenvalue weighted by molar-refractivity contribution is 9.10. The summed E-state index contributed by atoms with van der Waals surface area (Å²) in [7, 11) is 0. The fourth-order valence-electron chi connectivity index (χ4n) is 2.22. The average Bonchev–Trinajstić information content (AvgIpc) is 2.63. The lowest BCUT2D eigenvalue weighted by Crippen LogP contribution is -2.10. The van der Waals surface area contributed by atoms with Gasteiger partial charge in [-0.2, -0.15) is 0 Å². The summed E-state index contributed by atoms with van der Waals surface area (Å²) in [5.41, 5.74) is 7.25. The zero-order valence-electron chi connectivity index (χ0n) is 13.4. The summed E-state index contributed by atoms with van der Waals surface area (Å²) < 4.78 is 12.3. The van der Waals surface area contributed by atoms with Crippen LogP contribution in [0.5, 0.6) is 17.2 Å². The van der Waals surface area contributed by atoms with E-state index >= 15 is 0 Å². The summed E-state index contributed by atoms with van der Waals surface area (Å²) in [5, 5.41) is 7.45. The first-order valence-electron chi connectivity index (χ1n) is 7.70. The number of hydrogen-bond donors (Lipinski definition) is 2. The van der Waals surface area contributed by atoms with Crippen molar-refractivity contribution in [2.45, 2.75) is 6.61 Å². The third-order valence-electron chi connectivity index (χ3n) is 3.54. The molecule has 0 aliphatic carbocycles. The second kappa shape index (κ2) is 7.85. The van der Waals surface area contributed by atoms with Crippen LogP contribution in [0.1, 0.15) is 11.1 Å². The smallest absolute Gasteiger partial charge is 0.141 e. The van der Waals surface area contributed by atoms with E-state index in [4.69, 9.17) is 20.6 Å². The van der Waals surface area contributed by atoms with E-state index in [1.165, 1.54) is 0 Å². The highest BCUT2D eigenvalue weighted by Crippen LogP contribution is 2.31.